The van der Waals surface area contributed by atoms with Crippen molar-refractivity contribution >= 4 is 43.3 Å². The van der Waals surface area contributed by atoms with Gasteiger partial charge in [0.15, 0.2) is 5.75 Å². The maximum Gasteiger partial charge on any atom is 0.534 e. The number of piperidine rings is 1. The summed E-state index contributed by atoms with van der Waals surface area (Å²) in [5.41, 5.74) is -4.69. The van der Waals surface area contributed by atoms with Gasteiger partial charge >= 0.3 is 15.6 Å². The molecule has 47 heavy (non-hydrogen) atoms. The monoisotopic (exact) mass is 715 g/mol. The van der Waals surface area contributed by atoms with E-state index >= 15 is 0 Å². The molecule has 9 nitrogen and oxygen atoms in total. The molecule has 0 aromatic heterocycles. The van der Waals surface area contributed by atoms with Crippen LogP contribution >= 0.6 is 11.6 Å². The lowest BCUT2D eigenvalue weighted by Gasteiger charge is -2.43. The maximum absolute atomic E-state index is 13.8. The van der Waals surface area contributed by atoms with Crippen molar-refractivity contribution in [2.24, 2.45) is 0 Å². The van der Waals surface area contributed by atoms with Crippen LogP contribution in [0.2, 0.25) is 5.02 Å². The van der Waals surface area contributed by atoms with Crippen LogP contribution in [0.4, 0.5) is 23.2 Å². The summed E-state index contributed by atoms with van der Waals surface area (Å²) in [5, 5.41) is -0.0801. The molecule has 3 aliphatic heterocycles. The Morgan fingerprint density at radius 1 is 0.851 bits per heavy atom. The number of carbonyl (C=O) groups excluding carboxylic acids is 1. The smallest absolute Gasteiger partial charge is 0.374 e. The molecule has 2 atom stereocenters. The van der Waals surface area contributed by atoms with Crippen LogP contribution in [0, 0.1) is 5.82 Å². The molecule has 2 unspecified atom stereocenters. The van der Waals surface area contributed by atoms with Gasteiger partial charge in [0.1, 0.15) is 5.82 Å². The van der Waals surface area contributed by atoms with Gasteiger partial charge in [0.2, 0.25) is 10.0 Å². The number of carbonyl (C=O) groups is 1. The second-order valence-corrected chi connectivity index (χ2v) is 15.7. The van der Waals surface area contributed by atoms with Gasteiger partial charge in [-0.3, -0.25) is 4.79 Å². The van der Waals surface area contributed by atoms with Crippen molar-refractivity contribution in [1.29, 1.82) is 0 Å². The van der Waals surface area contributed by atoms with Crippen molar-refractivity contribution in [2.45, 2.75) is 54.1 Å². The lowest BCUT2D eigenvalue weighted by atomic mass is 9.90. The van der Waals surface area contributed by atoms with Crippen LogP contribution in [-0.2, 0) is 20.1 Å². The summed E-state index contributed by atoms with van der Waals surface area (Å²) in [5.74, 6) is -1.60. The number of nitrogens with zero attached hydrogens (tertiary/aromatic N) is 3. The highest BCUT2D eigenvalue weighted by Crippen LogP contribution is 2.43. The molecule has 0 saturated carbocycles. The quantitative estimate of drug-likeness (QED) is 0.174. The molecule has 0 radical (unpaired) electrons. The molecule has 3 heterocycles. The highest BCUT2D eigenvalue weighted by molar-refractivity contribution is 7.89. The first-order chi connectivity index (χ1) is 22.2. The molecule has 1 amide bonds. The predicted molar refractivity (Wildman–Crippen MR) is 166 cm³/mol. The Kier molecular flexibility index (Phi) is 8.96. The first kappa shape index (κ1) is 33.5. The molecule has 3 aliphatic rings. The first-order valence-corrected chi connectivity index (χ1v) is 18.1. The normalized spacial score (nSPS) is 21.2. The number of alkyl halides is 3. The van der Waals surface area contributed by atoms with Gasteiger partial charge in [-0.1, -0.05) is 41.9 Å². The number of hydrogen-bond acceptors (Lipinski definition) is 7. The van der Waals surface area contributed by atoms with E-state index in [9.17, 15) is 39.2 Å². The number of halogens is 5. The second-order valence-electron chi connectivity index (χ2n) is 11.8. The van der Waals surface area contributed by atoms with E-state index < -0.39 is 55.2 Å². The third-order valence-electron chi connectivity index (χ3n) is 8.99. The maximum atomic E-state index is 13.8. The van der Waals surface area contributed by atoms with Gasteiger partial charge in [-0.15, -0.1) is 0 Å². The number of sulfonamides is 1. The molecule has 0 aliphatic carbocycles. The van der Waals surface area contributed by atoms with Crippen LogP contribution in [0.1, 0.15) is 47.5 Å². The Morgan fingerprint density at radius 3 is 2.09 bits per heavy atom. The number of rotatable bonds is 7. The molecule has 3 aromatic rings. The average molecular weight is 716 g/mol. The molecule has 3 aromatic carbocycles. The minimum absolute atomic E-state index is 0.0679. The van der Waals surface area contributed by atoms with Gasteiger partial charge < -0.3 is 14.0 Å². The Hall–Kier alpha value is -3.40. The fraction of sp³-hybridized carbons (Fsp3) is 0.387. The molecular formula is C31H30ClF4N3O6S2. The van der Waals surface area contributed by atoms with Gasteiger partial charge in [-0.05, 0) is 73.6 Å². The highest BCUT2D eigenvalue weighted by Gasteiger charge is 2.50. The molecule has 0 N–H and O–H groups in total. The topological polar surface area (TPSA) is 104 Å². The fourth-order valence-electron chi connectivity index (χ4n) is 6.69. The Morgan fingerprint density at radius 2 is 1.49 bits per heavy atom. The molecule has 6 rings (SSSR count). The van der Waals surface area contributed by atoms with Crippen molar-refractivity contribution in [3.8, 4) is 5.75 Å². The Labute approximate surface area is 274 Å². The van der Waals surface area contributed by atoms with Crippen LogP contribution in [0.15, 0.2) is 71.6 Å². The predicted octanol–water partition coefficient (Wildman–Crippen LogP) is 5.77. The zero-order chi connectivity index (χ0) is 33.7. The van der Waals surface area contributed by atoms with Gasteiger partial charge in [0.25, 0.3) is 5.91 Å². The number of piperazine rings is 1. The van der Waals surface area contributed by atoms with Gasteiger partial charge in [-0.2, -0.15) is 25.9 Å². The lowest BCUT2D eigenvalue weighted by molar-refractivity contribution is -0.0500. The number of likely N-dealkylation sites (tertiary alicyclic amines) is 1. The van der Waals surface area contributed by atoms with Crippen LogP contribution < -0.4 is 9.08 Å². The number of hydrogen-bond donors (Lipinski definition) is 0. The third-order valence-corrected chi connectivity index (χ3v) is 12.2. The number of fused-ring (bicyclic) bond motifs is 2. The number of benzene rings is 3. The summed E-state index contributed by atoms with van der Waals surface area (Å²) < 4.78 is 111. The van der Waals surface area contributed by atoms with E-state index in [4.69, 9.17) is 11.6 Å². The zero-order valence-electron chi connectivity index (χ0n) is 24.7. The molecule has 0 spiro atoms. The Balaban J connectivity index is 1.30. The summed E-state index contributed by atoms with van der Waals surface area (Å²) in [6.45, 7) is 0.572. The summed E-state index contributed by atoms with van der Waals surface area (Å²) in [4.78, 5) is 16.2. The second kappa shape index (κ2) is 12.6. The highest BCUT2D eigenvalue weighted by atomic mass is 35.5. The van der Waals surface area contributed by atoms with Crippen molar-refractivity contribution in [3.63, 3.8) is 0 Å². The minimum Gasteiger partial charge on any atom is -0.374 e. The summed E-state index contributed by atoms with van der Waals surface area (Å²) in [7, 11) is -10.2. The van der Waals surface area contributed by atoms with Crippen molar-refractivity contribution < 1.29 is 43.4 Å². The molecule has 16 heteroatoms. The van der Waals surface area contributed by atoms with Crippen LogP contribution in [-0.4, -0.2) is 75.7 Å². The zero-order valence-corrected chi connectivity index (χ0v) is 27.1. The van der Waals surface area contributed by atoms with E-state index in [1.807, 2.05) is 30.3 Å². The van der Waals surface area contributed by atoms with Crippen LogP contribution in [0.3, 0.4) is 0 Å². The molecular weight excluding hydrogens is 686 g/mol. The van der Waals surface area contributed by atoms with Crippen LogP contribution in [0.25, 0.3) is 0 Å². The summed E-state index contributed by atoms with van der Waals surface area (Å²) in [6.07, 6.45) is 2.08. The van der Waals surface area contributed by atoms with E-state index in [1.165, 1.54) is 15.3 Å². The van der Waals surface area contributed by atoms with Crippen molar-refractivity contribution in [3.05, 3.63) is 88.7 Å². The Bertz CT molecular complexity index is 1870. The standard InChI is InChI=1S/C31H30ClF4N3O6S2/c32-27-16-22(33)6-10-26(27)30(40)37-18-23-7-8-24(19-37)39(23)28-17-25(9-11-29(28)45-47(43,44)31(34,35)36)46(41,42)38-14-12-21(13-15-38)20-4-2-1-3-5-20/h1-6,9-11,16-17,21,23-24H,7-8,12-15,18-19H2. The SMILES string of the molecule is O=C(c1ccc(F)cc1Cl)N1CC2CCC(C1)N2c1cc(S(=O)(=O)N2CCC(c3ccccc3)CC2)ccc1OS(=O)(=O)C(F)(F)F. The van der Waals surface area contributed by atoms with Gasteiger partial charge in [-0.25, -0.2) is 12.8 Å². The van der Waals surface area contributed by atoms with E-state index in [0.29, 0.717) is 25.7 Å². The minimum atomic E-state index is -6.09. The number of amides is 1. The first-order valence-electron chi connectivity index (χ1n) is 14.9. The molecule has 3 saturated heterocycles. The molecule has 3 fully saturated rings. The van der Waals surface area contributed by atoms with E-state index in [0.717, 1.165) is 35.9 Å². The van der Waals surface area contributed by atoms with Gasteiger partial charge in [0, 0.05) is 38.3 Å². The number of anilines is 1. The molecule has 2 bridgehead atoms. The van der Waals surface area contributed by atoms with E-state index in [1.54, 1.807) is 4.90 Å². The molecule has 252 valence electrons. The van der Waals surface area contributed by atoms with E-state index in [2.05, 4.69) is 4.18 Å². The lowest BCUT2D eigenvalue weighted by Crippen LogP contribution is -2.55. The average Bonchev–Trinajstić information content (AvgIpc) is 3.28. The van der Waals surface area contributed by atoms with E-state index in [-0.39, 0.29) is 53.3 Å². The summed E-state index contributed by atoms with van der Waals surface area (Å²) >= 11 is 6.11. The van der Waals surface area contributed by atoms with Gasteiger partial charge in [0.05, 0.1) is 21.2 Å². The largest absolute Gasteiger partial charge is 0.534 e. The van der Waals surface area contributed by atoms with Crippen molar-refractivity contribution in [2.75, 3.05) is 31.1 Å². The summed E-state index contributed by atoms with van der Waals surface area (Å²) in [6, 6.07) is 15.2. The third kappa shape index (κ3) is 6.54. The fourth-order valence-corrected chi connectivity index (χ4v) is 8.90. The van der Waals surface area contributed by atoms with Crippen molar-refractivity contribution in [1.82, 2.24) is 9.21 Å². The van der Waals surface area contributed by atoms with Crippen LogP contribution in [0.5, 0.6) is 5.75 Å².